The standard InChI is InChI=1S/C16H30N2O2/c1-13-4-3-9-18(10-13)16(20)11-17(2)15-7-5-14(12-19)6-8-15/h13-15,19H,3-12H2,1-2H3. The van der Waals surface area contributed by atoms with Crippen molar-refractivity contribution in [3.8, 4) is 0 Å². The van der Waals surface area contributed by atoms with Gasteiger partial charge in [-0.05, 0) is 57.4 Å². The van der Waals surface area contributed by atoms with Gasteiger partial charge in [-0.15, -0.1) is 0 Å². The summed E-state index contributed by atoms with van der Waals surface area (Å²) in [4.78, 5) is 16.6. The third-order valence-corrected chi connectivity index (χ3v) is 5.09. The molecule has 0 spiro atoms. The molecule has 0 bridgehead atoms. The monoisotopic (exact) mass is 282 g/mol. The van der Waals surface area contributed by atoms with E-state index in [1.54, 1.807) is 0 Å². The number of hydrogen-bond acceptors (Lipinski definition) is 3. The topological polar surface area (TPSA) is 43.8 Å². The number of carbonyl (C=O) groups is 1. The smallest absolute Gasteiger partial charge is 0.236 e. The van der Waals surface area contributed by atoms with E-state index in [1.807, 2.05) is 4.90 Å². The van der Waals surface area contributed by atoms with Gasteiger partial charge >= 0.3 is 0 Å². The Morgan fingerprint density at radius 2 is 1.95 bits per heavy atom. The zero-order valence-electron chi connectivity index (χ0n) is 13.1. The molecule has 0 radical (unpaired) electrons. The molecule has 1 unspecified atom stereocenters. The van der Waals surface area contributed by atoms with Crippen LogP contribution in [0.3, 0.4) is 0 Å². The molecule has 0 aromatic carbocycles. The van der Waals surface area contributed by atoms with E-state index in [4.69, 9.17) is 0 Å². The predicted octanol–water partition coefficient (Wildman–Crippen LogP) is 1.73. The summed E-state index contributed by atoms with van der Waals surface area (Å²) in [7, 11) is 2.08. The zero-order valence-corrected chi connectivity index (χ0v) is 13.1. The Bertz CT molecular complexity index is 314. The van der Waals surface area contributed by atoms with Crippen molar-refractivity contribution in [3.05, 3.63) is 0 Å². The van der Waals surface area contributed by atoms with Crippen LogP contribution >= 0.6 is 0 Å². The molecule has 1 aliphatic heterocycles. The van der Waals surface area contributed by atoms with Crippen molar-refractivity contribution in [2.75, 3.05) is 33.3 Å². The lowest BCUT2D eigenvalue weighted by atomic mass is 9.86. The van der Waals surface area contributed by atoms with Crippen LogP contribution in [-0.4, -0.2) is 60.1 Å². The molecule has 2 fully saturated rings. The fourth-order valence-electron chi connectivity index (χ4n) is 3.63. The Labute approximate surface area is 123 Å². The first-order chi connectivity index (χ1) is 9.60. The number of amides is 1. The zero-order chi connectivity index (χ0) is 14.5. The van der Waals surface area contributed by atoms with Crippen LogP contribution in [0.15, 0.2) is 0 Å². The van der Waals surface area contributed by atoms with Gasteiger partial charge in [0, 0.05) is 25.7 Å². The number of piperidine rings is 1. The highest BCUT2D eigenvalue weighted by Crippen LogP contribution is 2.26. The number of nitrogens with zero attached hydrogens (tertiary/aromatic N) is 2. The van der Waals surface area contributed by atoms with E-state index in [1.165, 1.54) is 6.42 Å². The second kappa shape index (κ2) is 7.41. The summed E-state index contributed by atoms with van der Waals surface area (Å²) in [5.74, 6) is 1.43. The number of likely N-dealkylation sites (tertiary alicyclic amines) is 1. The van der Waals surface area contributed by atoms with E-state index < -0.39 is 0 Å². The van der Waals surface area contributed by atoms with E-state index in [9.17, 15) is 9.90 Å². The summed E-state index contributed by atoms with van der Waals surface area (Å²) in [6.45, 7) is 4.99. The van der Waals surface area contributed by atoms with Crippen LogP contribution in [0, 0.1) is 11.8 Å². The number of rotatable bonds is 4. The van der Waals surface area contributed by atoms with Crippen LogP contribution < -0.4 is 0 Å². The first-order valence-electron chi connectivity index (χ1n) is 8.19. The summed E-state index contributed by atoms with van der Waals surface area (Å²) < 4.78 is 0. The van der Waals surface area contributed by atoms with E-state index in [-0.39, 0.29) is 0 Å². The number of aliphatic hydroxyl groups excluding tert-OH is 1. The van der Waals surface area contributed by atoms with Crippen molar-refractivity contribution in [1.82, 2.24) is 9.80 Å². The van der Waals surface area contributed by atoms with E-state index in [2.05, 4.69) is 18.9 Å². The molecule has 1 heterocycles. The molecule has 1 saturated carbocycles. The third-order valence-electron chi connectivity index (χ3n) is 5.09. The Balaban J connectivity index is 1.76. The maximum atomic E-state index is 12.4. The molecule has 2 aliphatic rings. The largest absolute Gasteiger partial charge is 0.396 e. The molecule has 1 aliphatic carbocycles. The molecule has 2 rings (SSSR count). The van der Waals surface area contributed by atoms with Crippen LogP contribution in [0.1, 0.15) is 45.4 Å². The SMILES string of the molecule is CC1CCCN(C(=O)CN(C)C2CCC(CO)CC2)C1. The first kappa shape index (κ1) is 15.8. The van der Waals surface area contributed by atoms with Crippen molar-refractivity contribution in [2.24, 2.45) is 11.8 Å². The van der Waals surface area contributed by atoms with Crippen LogP contribution in [0.4, 0.5) is 0 Å². The number of carbonyl (C=O) groups excluding carboxylic acids is 1. The van der Waals surface area contributed by atoms with Gasteiger partial charge < -0.3 is 10.0 Å². The van der Waals surface area contributed by atoms with Crippen LogP contribution in [0.5, 0.6) is 0 Å². The molecule has 20 heavy (non-hydrogen) atoms. The maximum Gasteiger partial charge on any atom is 0.236 e. The van der Waals surface area contributed by atoms with Gasteiger partial charge in [-0.25, -0.2) is 0 Å². The highest BCUT2D eigenvalue weighted by molar-refractivity contribution is 5.78. The highest BCUT2D eigenvalue weighted by Gasteiger charge is 2.27. The second-order valence-corrected chi connectivity index (χ2v) is 6.86. The Hall–Kier alpha value is -0.610. The summed E-state index contributed by atoms with van der Waals surface area (Å²) in [6, 6.07) is 0.518. The summed E-state index contributed by atoms with van der Waals surface area (Å²) in [5.41, 5.74) is 0. The summed E-state index contributed by atoms with van der Waals surface area (Å²) in [5, 5.41) is 9.18. The average molecular weight is 282 g/mol. The van der Waals surface area contributed by atoms with Crippen molar-refractivity contribution in [3.63, 3.8) is 0 Å². The average Bonchev–Trinajstić information content (AvgIpc) is 2.47. The molecule has 1 amide bonds. The van der Waals surface area contributed by atoms with Crippen molar-refractivity contribution in [2.45, 2.75) is 51.5 Å². The normalized spacial score (nSPS) is 31.6. The number of likely N-dealkylation sites (N-methyl/N-ethyl adjacent to an activating group) is 1. The molecule has 1 N–H and O–H groups in total. The van der Waals surface area contributed by atoms with Gasteiger partial charge in [0.15, 0.2) is 0 Å². The van der Waals surface area contributed by atoms with Crippen molar-refractivity contribution >= 4 is 5.91 Å². The molecule has 0 aromatic heterocycles. The second-order valence-electron chi connectivity index (χ2n) is 6.86. The predicted molar refractivity (Wildman–Crippen MR) is 80.4 cm³/mol. The Morgan fingerprint density at radius 1 is 1.25 bits per heavy atom. The molecular formula is C16H30N2O2. The summed E-state index contributed by atoms with van der Waals surface area (Å²) in [6.07, 6.45) is 6.83. The lowest BCUT2D eigenvalue weighted by Crippen LogP contribution is -2.46. The van der Waals surface area contributed by atoms with Crippen molar-refractivity contribution < 1.29 is 9.90 Å². The Morgan fingerprint density at radius 3 is 2.55 bits per heavy atom. The van der Waals surface area contributed by atoms with Gasteiger partial charge in [-0.3, -0.25) is 9.69 Å². The van der Waals surface area contributed by atoms with Crippen molar-refractivity contribution in [1.29, 1.82) is 0 Å². The van der Waals surface area contributed by atoms with Gasteiger partial charge in [0.2, 0.25) is 5.91 Å². The van der Waals surface area contributed by atoms with Crippen LogP contribution in [0.25, 0.3) is 0 Å². The lowest BCUT2D eigenvalue weighted by Gasteiger charge is -2.36. The van der Waals surface area contributed by atoms with Gasteiger partial charge in [-0.1, -0.05) is 6.92 Å². The van der Waals surface area contributed by atoms with E-state index in [0.717, 1.165) is 45.2 Å². The number of aliphatic hydroxyl groups is 1. The molecule has 0 aromatic rings. The van der Waals surface area contributed by atoms with Crippen LogP contribution in [-0.2, 0) is 4.79 Å². The van der Waals surface area contributed by atoms with Gasteiger partial charge in [0.25, 0.3) is 0 Å². The molecule has 116 valence electrons. The quantitative estimate of drug-likeness (QED) is 0.854. The van der Waals surface area contributed by atoms with E-state index >= 15 is 0 Å². The first-order valence-corrected chi connectivity index (χ1v) is 8.19. The highest BCUT2D eigenvalue weighted by atomic mass is 16.3. The minimum atomic E-state index is 0.295. The molecule has 4 heteroatoms. The van der Waals surface area contributed by atoms with E-state index in [0.29, 0.717) is 36.9 Å². The number of hydrogen-bond donors (Lipinski definition) is 1. The minimum absolute atomic E-state index is 0.295. The van der Waals surface area contributed by atoms with Gasteiger partial charge in [0.1, 0.15) is 0 Å². The molecule has 1 atom stereocenters. The summed E-state index contributed by atoms with van der Waals surface area (Å²) >= 11 is 0. The Kier molecular flexibility index (Phi) is 5.85. The van der Waals surface area contributed by atoms with Gasteiger partial charge in [0.05, 0.1) is 6.54 Å². The fourth-order valence-corrected chi connectivity index (χ4v) is 3.63. The minimum Gasteiger partial charge on any atom is -0.396 e. The van der Waals surface area contributed by atoms with Gasteiger partial charge in [-0.2, -0.15) is 0 Å². The fraction of sp³-hybridized carbons (Fsp3) is 0.938. The molecule has 4 nitrogen and oxygen atoms in total. The lowest BCUT2D eigenvalue weighted by molar-refractivity contribution is -0.134. The maximum absolute atomic E-state index is 12.4. The molecule has 1 saturated heterocycles. The molecular weight excluding hydrogens is 252 g/mol. The van der Waals surface area contributed by atoms with Crippen LogP contribution in [0.2, 0.25) is 0 Å². The third kappa shape index (κ3) is 4.19.